The molecule has 0 fully saturated rings. The molecule has 31 heavy (non-hydrogen) atoms. The SMILES string of the molecule is N#Cc1ccc(OCc2ccc(NC(=O)Cc3ccccc3Cl)cc2S(N)(=O)=O)cc1. The van der Waals surface area contributed by atoms with Crippen molar-refractivity contribution in [3.63, 3.8) is 0 Å². The maximum Gasteiger partial charge on any atom is 0.238 e. The summed E-state index contributed by atoms with van der Waals surface area (Å²) in [6.45, 7) is -0.0640. The monoisotopic (exact) mass is 455 g/mol. The third-order valence-electron chi connectivity index (χ3n) is 4.34. The van der Waals surface area contributed by atoms with Crippen LogP contribution in [0.4, 0.5) is 5.69 Å². The first-order valence-corrected chi connectivity index (χ1v) is 11.0. The lowest BCUT2D eigenvalue weighted by Gasteiger charge is -2.13. The summed E-state index contributed by atoms with van der Waals surface area (Å²) in [5.41, 5.74) is 1.74. The first-order valence-electron chi connectivity index (χ1n) is 9.08. The van der Waals surface area contributed by atoms with Gasteiger partial charge in [-0.2, -0.15) is 5.26 Å². The van der Waals surface area contributed by atoms with Crippen molar-refractivity contribution < 1.29 is 17.9 Å². The molecule has 9 heteroatoms. The lowest BCUT2D eigenvalue weighted by molar-refractivity contribution is -0.115. The summed E-state index contributed by atoms with van der Waals surface area (Å²) in [6, 6.07) is 19.7. The van der Waals surface area contributed by atoms with E-state index in [1.807, 2.05) is 6.07 Å². The molecule has 0 aromatic heterocycles. The number of nitriles is 1. The van der Waals surface area contributed by atoms with Crippen LogP contribution in [0.25, 0.3) is 0 Å². The molecule has 0 heterocycles. The molecule has 0 radical (unpaired) electrons. The summed E-state index contributed by atoms with van der Waals surface area (Å²) < 4.78 is 29.8. The number of ether oxygens (including phenoxy) is 1. The van der Waals surface area contributed by atoms with E-state index >= 15 is 0 Å². The van der Waals surface area contributed by atoms with Crippen LogP contribution in [0.2, 0.25) is 5.02 Å². The molecule has 1 amide bonds. The van der Waals surface area contributed by atoms with E-state index in [1.54, 1.807) is 54.6 Å². The van der Waals surface area contributed by atoms with Gasteiger partial charge in [-0.05, 0) is 48.0 Å². The molecule has 0 atom stereocenters. The number of nitrogens with two attached hydrogens (primary N) is 1. The maximum atomic E-state index is 12.3. The van der Waals surface area contributed by atoms with Gasteiger partial charge in [0.05, 0.1) is 22.9 Å². The van der Waals surface area contributed by atoms with Crippen molar-refractivity contribution in [1.29, 1.82) is 5.26 Å². The van der Waals surface area contributed by atoms with Crippen LogP contribution in [0.5, 0.6) is 5.75 Å². The summed E-state index contributed by atoms with van der Waals surface area (Å²) in [7, 11) is -4.07. The molecular formula is C22H18ClN3O4S. The first-order chi connectivity index (χ1) is 14.8. The molecule has 0 aliphatic carbocycles. The number of nitrogens with zero attached hydrogens (tertiary/aromatic N) is 1. The Kier molecular flexibility index (Phi) is 6.92. The topological polar surface area (TPSA) is 122 Å². The second kappa shape index (κ2) is 9.62. The molecule has 0 bridgehead atoms. The zero-order valence-electron chi connectivity index (χ0n) is 16.2. The summed E-state index contributed by atoms with van der Waals surface area (Å²) in [5.74, 6) is 0.117. The summed E-state index contributed by atoms with van der Waals surface area (Å²) in [6.07, 6.45) is 0.0357. The molecule has 7 nitrogen and oxygen atoms in total. The minimum absolute atomic E-state index is 0.0357. The average Bonchev–Trinajstić information content (AvgIpc) is 2.74. The van der Waals surface area contributed by atoms with Crippen LogP contribution in [0, 0.1) is 11.3 Å². The third-order valence-corrected chi connectivity index (χ3v) is 5.71. The number of hydrogen-bond acceptors (Lipinski definition) is 5. The van der Waals surface area contributed by atoms with Crippen molar-refractivity contribution in [2.75, 3.05) is 5.32 Å². The quantitative estimate of drug-likeness (QED) is 0.563. The number of carbonyl (C=O) groups excluding carboxylic acids is 1. The molecular weight excluding hydrogens is 438 g/mol. The number of benzene rings is 3. The number of carbonyl (C=O) groups is 1. The lowest BCUT2D eigenvalue weighted by atomic mass is 10.1. The molecule has 3 aromatic rings. The van der Waals surface area contributed by atoms with Gasteiger partial charge >= 0.3 is 0 Å². The Labute approximate surface area is 185 Å². The summed E-state index contributed by atoms with van der Waals surface area (Å²) in [5, 5.41) is 17.3. The van der Waals surface area contributed by atoms with Crippen LogP contribution < -0.4 is 15.2 Å². The minimum Gasteiger partial charge on any atom is -0.489 e. The van der Waals surface area contributed by atoms with Gasteiger partial charge in [-0.3, -0.25) is 4.79 Å². The van der Waals surface area contributed by atoms with Crippen LogP contribution in [0.3, 0.4) is 0 Å². The predicted octanol–water partition coefficient (Wildman–Crippen LogP) is 3.62. The fourth-order valence-corrected chi connectivity index (χ4v) is 3.81. The van der Waals surface area contributed by atoms with Crippen molar-refractivity contribution in [3.05, 3.63) is 88.4 Å². The van der Waals surface area contributed by atoms with Crippen LogP contribution in [0.1, 0.15) is 16.7 Å². The zero-order valence-corrected chi connectivity index (χ0v) is 17.8. The highest BCUT2D eigenvalue weighted by atomic mass is 35.5. The van der Waals surface area contributed by atoms with Gasteiger partial charge < -0.3 is 10.1 Å². The van der Waals surface area contributed by atoms with Crippen molar-refractivity contribution in [3.8, 4) is 11.8 Å². The second-order valence-electron chi connectivity index (χ2n) is 6.61. The van der Waals surface area contributed by atoms with Gasteiger partial charge in [0.2, 0.25) is 15.9 Å². The van der Waals surface area contributed by atoms with E-state index in [2.05, 4.69) is 5.32 Å². The lowest BCUT2D eigenvalue weighted by Crippen LogP contribution is -2.18. The van der Waals surface area contributed by atoms with Gasteiger partial charge in [-0.1, -0.05) is 35.9 Å². The van der Waals surface area contributed by atoms with Crippen molar-refractivity contribution >= 4 is 33.2 Å². The molecule has 0 saturated heterocycles. The Hall–Kier alpha value is -3.38. The van der Waals surface area contributed by atoms with Crippen molar-refractivity contribution in [2.24, 2.45) is 5.14 Å². The Bertz CT molecular complexity index is 1250. The number of rotatable bonds is 7. The number of halogens is 1. The Morgan fingerprint density at radius 3 is 2.42 bits per heavy atom. The predicted molar refractivity (Wildman–Crippen MR) is 117 cm³/mol. The zero-order chi connectivity index (χ0) is 22.4. The number of nitrogens with one attached hydrogen (secondary N) is 1. The van der Waals surface area contributed by atoms with E-state index in [9.17, 15) is 13.2 Å². The van der Waals surface area contributed by atoms with Crippen molar-refractivity contribution in [2.45, 2.75) is 17.9 Å². The van der Waals surface area contributed by atoms with Crippen LogP contribution in [-0.2, 0) is 27.8 Å². The Balaban J connectivity index is 1.75. The molecule has 0 unspecified atom stereocenters. The Morgan fingerprint density at radius 1 is 1.06 bits per heavy atom. The van der Waals surface area contributed by atoms with E-state index in [0.29, 0.717) is 27.5 Å². The molecule has 158 valence electrons. The summed E-state index contributed by atoms with van der Waals surface area (Å²) >= 11 is 6.07. The van der Waals surface area contributed by atoms with Crippen molar-refractivity contribution in [1.82, 2.24) is 0 Å². The van der Waals surface area contributed by atoms with Gasteiger partial charge in [0, 0.05) is 16.3 Å². The second-order valence-corrected chi connectivity index (χ2v) is 8.55. The van der Waals surface area contributed by atoms with Gasteiger partial charge in [-0.25, -0.2) is 13.6 Å². The standard InChI is InChI=1S/C22H18ClN3O4S/c23-20-4-2-1-3-16(20)11-22(27)26-18-8-7-17(21(12-18)31(25,28)29)14-30-19-9-5-15(13-24)6-10-19/h1-10,12H,11,14H2,(H,26,27)(H2,25,28,29). The molecule has 0 aliphatic heterocycles. The highest BCUT2D eigenvalue weighted by molar-refractivity contribution is 7.89. The van der Waals surface area contributed by atoms with E-state index in [0.717, 1.165) is 0 Å². The van der Waals surface area contributed by atoms with Crippen LogP contribution in [0.15, 0.2) is 71.6 Å². The fraction of sp³-hybridized carbons (Fsp3) is 0.0909. The third kappa shape index (κ3) is 6.06. The number of anilines is 1. The number of primary sulfonamides is 1. The van der Waals surface area contributed by atoms with E-state index in [4.69, 9.17) is 26.7 Å². The highest BCUT2D eigenvalue weighted by Gasteiger charge is 2.17. The van der Waals surface area contributed by atoms with Gasteiger partial charge in [0.15, 0.2) is 0 Å². The summed E-state index contributed by atoms with van der Waals surface area (Å²) in [4.78, 5) is 12.2. The van der Waals surface area contributed by atoms with Crippen LogP contribution >= 0.6 is 11.6 Å². The normalized spacial score (nSPS) is 10.9. The Morgan fingerprint density at radius 2 is 1.77 bits per heavy atom. The first kappa shape index (κ1) is 22.3. The van der Waals surface area contributed by atoms with Crippen LogP contribution in [-0.4, -0.2) is 14.3 Å². The minimum atomic E-state index is -4.07. The maximum absolute atomic E-state index is 12.3. The average molecular weight is 456 g/mol. The number of amides is 1. The molecule has 0 aliphatic rings. The van der Waals surface area contributed by atoms with Gasteiger partial charge in [-0.15, -0.1) is 0 Å². The fourth-order valence-electron chi connectivity index (χ4n) is 2.82. The molecule has 3 rings (SSSR count). The van der Waals surface area contributed by atoms with Gasteiger partial charge in [0.1, 0.15) is 12.4 Å². The van der Waals surface area contributed by atoms with E-state index < -0.39 is 10.0 Å². The highest BCUT2D eigenvalue weighted by Crippen LogP contribution is 2.23. The number of hydrogen-bond donors (Lipinski definition) is 2. The molecule has 0 spiro atoms. The molecule has 0 saturated carbocycles. The molecule has 3 N–H and O–H groups in total. The largest absolute Gasteiger partial charge is 0.489 e. The number of sulfonamides is 1. The smallest absolute Gasteiger partial charge is 0.238 e. The van der Waals surface area contributed by atoms with E-state index in [1.165, 1.54) is 12.1 Å². The van der Waals surface area contributed by atoms with E-state index in [-0.39, 0.29) is 29.5 Å². The van der Waals surface area contributed by atoms with Gasteiger partial charge in [0.25, 0.3) is 0 Å². The molecule has 3 aromatic carbocycles.